The molecule has 4 rings (SSSR count). The number of halogens is 1. The third-order valence-corrected chi connectivity index (χ3v) is 5.34. The summed E-state index contributed by atoms with van der Waals surface area (Å²) < 4.78 is 24.1. The monoisotopic (exact) mass is 395 g/mol. The number of rotatable bonds is 8. The molecule has 0 radical (unpaired) electrons. The van der Waals surface area contributed by atoms with E-state index in [0.717, 1.165) is 60.9 Å². The SMILES string of the molecule is COc1cccc(OCCc2cc([C@@H]3CCN(Cc4ccc(F)cc4)C3)n[nH]2)c1. The van der Waals surface area contributed by atoms with Gasteiger partial charge in [0, 0.05) is 37.2 Å². The Morgan fingerprint density at radius 1 is 1.14 bits per heavy atom. The van der Waals surface area contributed by atoms with Crippen molar-refractivity contribution in [1.82, 2.24) is 15.1 Å². The molecule has 29 heavy (non-hydrogen) atoms. The molecule has 0 saturated carbocycles. The second-order valence-corrected chi connectivity index (χ2v) is 7.44. The Kier molecular flexibility index (Phi) is 6.10. The van der Waals surface area contributed by atoms with Crippen molar-refractivity contribution in [3.63, 3.8) is 0 Å². The minimum atomic E-state index is -0.188. The van der Waals surface area contributed by atoms with Gasteiger partial charge in [0.1, 0.15) is 17.3 Å². The molecule has 3 aromatic rings. The van der Waals surface area contributed by atoms with Gasteiger partial charge in [-0.05, 0) is 48.9 Å². The van der Waals surface area contributed by atoms with Crippen LogP contribution in [0.5, 0.6) is 11.5 Å². The van der Waals surface area contributed by atoms with E-state index in [1.165, 1.54) is 12.1 Å². The highest BCUT2D eigenvalue weighted by molar-refractivity contribution is 5.32. The maximum absolute atomic E-state index is 13.1. The first-order valence-electron chi connectivity index (χ1n) is 9.97. The lowest BCUT2D eigenvalue weighted by atomic mass is 10.0. The predicted molar refractivity (Wildman–Crippen MR) is 110 cm³/mol. The van der Waals surface area contributed by atoms with Crippen LogP contribution in [-0.2, 0) is 13.0 Å². The summed E-state index contributed by atoms with van der Waals surface area (Å²) in [6.07, 6.45) is 1.86. The van der Waals surface area contributed by atoms with Crippen LogP contribution in [0.2, 0.25) is 0 Å². The third kappa shape index (κ3) is 5.15. The van der Waals surface area contributed by atoms with E-state index in [1.807, 2.05) is 36.4 Å². The van der Waals surface area contributed by atoms with Crippen LogP contribution >= 0.6 is 0 Å². The zero-order valence-corrected chi connectivity index (χ0v) is 16.6. The summed E-state index contributed by atoms with van der Waals surface area (Å²) in [5.74, 6) is 1.83. The van der Waals surface area contributed by atoms with Crippen molar-refractivity contribution < 1.29 is 13.9 Å². The Bertz CT molecular complexity index is 926. The molecule has 152 valence electrons. The van der Waals surface area contributed by atoms with Gasteiger partial charge in [0.05, 0.1) is 19.4 Å². The number of hydrogen-bond donors (Lipinski definition) is 1. The van der Waals surface area contributed by atoms with Crippen molar-refractivity contribution >= 4 is 0 Å². The Morgan fingerprint density at radius 2 is 1.97 bits per heavy atom. The standard InChI is InChI=1S/C23H26FN3O2/c1-28-21-3-2-4-22(14-21)29-12-10-20-13-23(26-25-20)18-9-11-27(16-18)15-17-5-7-19(24)8-6-17/h2-8,13-14,18H,9-12,15-16H2,1H3,(H,25,26)/t18-/m1/s1. The average molecular weight is 395 g/mol. The number of likely N-dealkylation sites (tertiary alicyclic amines) is 1. The predicted octanol–water partition coefficient (Wildman–Crippen LogP) is 4.17. The molecular weight excluding hydrogens is 369 g/mol. The first-order valence-corrected chi connectivity index (χ1v) is 9.97. The van der Waals surface area contributed by atoms with Gasteiger partial charge < -0.3 is 9.47 Å². The Balaban J connectivity index is 1.26. The van der Waals surface area contributed by atoms with Gasteiger partial charge >= 0.3 is 0 Å². The fourth-order valence-electron chi connectivity index (χ4n) is 3.75. The lowest BCUT2D eigenvalue weighted by molar-refractivity contribution is 0.317. The number of aromatic amines is 1. The smallest absolute Gasteiger partial charge is 0.123 e. The molecule has 1 aliphatic heterocycles. The first-order chi connectivity index (χ1) is 14.2. The van der Waals surface area contributed by atoms with Crippen LogP contribution in [0.15, 0.2) is 54.6 Å². The van der Waals surface area contributed by atoms with Crippen LogP contribution < -0.4 is 9.47 Å². The van der Waals surface area contributed by atoms with E-state index in [4.69, 9.17) is 9.47 Å². The molecule has 1 atom stereocenters. The van der Waals surface area contributed by atoms with Crippen molar-refractivity contribution in [3.05, 3.63) is 77.4 Å². The van der Waals surface area contributed by atoms with Gasteiger partial charge in [-0.15, -0.1) is 0 Å². The number of nitrogens with zero attached hydrogens (tertiary/aromatic N) is 2. The second kappa shape index (κ2) is 9.09. The van der Waals surface area contributed by atoms with Crippen molar-refractivity contribution in [3.8, 4) is 11.5 Å². The summed E-state index contributed by atoms with van der Waals surface area (Å²) >= 11 is 0. The maximum Gasteiger partial charge on any atom is 0.123 e. The summed E-state index contributed by atoms with van der Waals surface area (Å²) in [4.78, 5) is 2.40. The van der Waals surface area contributed by atoms with Gasteiger partial charge in [-0.2, -0.15) is 5.10 Å². The zero-order valence-electron chi connectivity index (χ0n) is 16.6. The molecule has 6 heteroatoms. The molecule has 0 spiro atoms. The molecule has 0 amide bonds. The molecule has 1 aliphatic rings. The van der Waals surface area contributed by atoms with E-state index in [9.17, 15) is 4.39 Å². The zero-order chi connectivity index (χ0) is 20.1. The van der Waals surface area contributed by atoms with Crippen LogP contribution in [0, 0.1) is 5.82 Å². The minimum Gasteiger partial charge on any atom is -0.497 e. The topological polar surface area (TPSA) is 50.4 Å². The normalized spacial score (nSPS) is 16.8. The van der Waals surface area contributed by atoms with Crippen LogP contribution in [0.4, 0.5) is 4.39 Å². The number of hydrogen-bond acceptors (Lipinski definition) is 4. The van der Waals surface area contributed by atoms with Gasteiger partial charge in [-0.25, -0.2) is 4.39 Å². The fourth-order valence-corrected chi connectivity index (χ4v) is 3.75. The van der Waals surface area contributed by atoms with E-state index in [-0.39, 0.29) is 5.82 Å². The van der Waals surface area contributed by atoms with Crippen LogP contribution in [-0.4, -0.2) is 41.9 Å². The highest BCUT2D eigenvalue weighted by atomic mass is 19.1. The second-order valence-electron chi connectivity index (χ2n) is 7.44. The highest BCUT2D eigenvalue weighted by Crippen LogP contribution is 2.27. The van der Waals surface area contributed by atoms with Gasteiger partial charge in [0.15, 0.2) is 0 Å². The Hall–Kier alpha value is -2.86. The maximum atomic E-state index is 13.1. The molecule has 1 saturated heterocycles. The molecule has 5 nitrogen and oxygen atoms in total. The number of ether oxygens (including phenoxy) is 2. The largest absolute Gasteiger partial charge is 0.497 e. The Morgan fingerprint density at radius 3 is 2.79 bits per heavy atom. The fraction of sp³-hybridized carbons (Fsp3) is 0.348. The van der Waals surface area contributed by atoms with Crippen molar-refractivity contribution in [1.29, 1.82) is 0 Å². The molecule has 0 unspecified atom stereocenters. The van der Waals surface area contributed by atoms with Gasteiger partial charge in [0.25, 0.3) is 0 Å². The molecule has 0 bridgehead atoms. The van der Waals surface area contributed by atoms with E-state index in [0.29, 0.717) is 12.5 Å². The van der Waals surface area contributed by atoms with E-state index < -0.39 is 0 Å². The first kappa shape index (κ1) is 19.5. The lowest BCUT2D eigenvalue weighted by Crippen LogP contribution is -2.19. The summed E-state index contributed by atoms with van der Waals surface area (Å²) in [5, 5.41) is 7.67. The Labute approximate surface area is 170 Å². The van der Waals surface area contributed by atoms with Crippen molar-refractivity contribution in [2.45, 2.75) is 25.3 Å². The van der Waals surface area contributed by atoms with Crippen molar-refractivity contribution in [2.24, 2.45) is 0 Å². The van der Waals surface area contributed by atoms with Crippen LogP contribution in [0.1, 0.15) is 29.3 Å². The van der Waals surface area contributed by atoms with E-state index >= 15 is 0 Å². The van der Waals surface area contributed by atoms with E-state index in [1.54, 1.807) is 7.11 Å². The van der Waals surface area contributed by atoms with Crippen LogP contribution in [0.25, 0.3) is 0 Å². The number of nitrogens with one attached hydrogen (secondary N) is 1. The lowest BCUT2D eigenvalue weighted by Gasteiger charge is -2.15. The minimum absolute atomic E-state index is 0.188. The summed E-state index contributed by atoms with van der Waals surface area (Å²) in [7, 11) is 1.65. The number of H-pyrrole nitrogens is 1. The average Bonchev–Trinajstić information content (AvgIpc) is 3.39. The molecule has 0 aliphatic carbocycles. The molecule has 1 aromatic heterocycles. The van der Waals surface area contributed by atoms with Gasteiger partial charge in [-0.1, -0.05) is 18.2 Å². The van der Waals surface area contributed by atoms with Crippen molar-refractivity contribution in [2.75, 3.05) is 26.8 Å². The third-order valence-electron chi connectivity index (χ3n) is 5.34. The van der Waals surface area contributed by atoms with Gasteiger partial charge in [-0.3, -0.25) is 10.00 Å². The van der Waals surface area contributed by atoms with E-state index in [2.05, 4.69) is 21.2 Å². The summed E-state index contributed by atoms with van der Waals surface area (Å²) in [6, 6.07) is 16.5. The van der Waals surface area contributed by atoms with Crippen LogP contribution in [0.3, 0.4) is 0 Å². The highest BCUT2D eigenvalue weighted by Gasteiger charge is 2.25. The molecule has 2 heterocycles. The summed E-state index contributed by atoms with van der Waals surface area (Å²) in [6.45, 7) is 3.43. The quantitative estimate of drug-likeness (QED) is 0.622. The number of aromatic nitrogens is 2. The molecular formula is C23H26FN3O2. The molecule has 1 fully saturated rings. The molecule has 2 aromatic carbocycles. The molecule has 1 N–H and O–H groups in total. The summed E-state index contributed by atoms with van der Waals surface area (Å²) in [5.41, 5.74) is 3.34. The number of benzene rings is 2. The number of methoxy groups -OCH3 is 1. The van der Waals surface area contributed by atoms with Gasteiger partial charge in [0.2, 0.25) is 0 Å².